The Morgan fingerprint density at radius 3 is 2.59 bits per heavy atom. The number of carbonyl (C=O) groups excluding carboxylic acids is 1. The van der Waals surface area contributed by atoms with Crippen LogP contribution in [0.2, 0.25) is 0 Å². The number of aromatic nitrogens is 3. The van der Waals surface area contributed by atoms with E-state index >= 15 is 0 Å². The molecule has 2 N–H and O–H groups in total. The van der Waals surface area contributed by atoms with Crippen molar-refractivity contribution in [3.8, 4) is 0 Å². The number of benzene rings is 1. The van der Waals surface area contributed by atoms with Gasteiger partial charge in [0.1, 0.15) is 11.0 Å². The van der Waals surface area contributed by atoms with Gasteiger partial charge in [-0.3, -0.25) is 9.52 Å². The van der Waals surface area contributed by atoms with Crippen molar-refractivity contribution in [3.05, 3.63) is 56.1 Å². The van der Waals surface area contributed by atoms with E-state index in [0.717, 1.165) is 11.3 Å². The van der Waals surface area contributed by atoms with Crippen molar-refractivity contribution >= 4 is 59.8 Å². The smallest absolute Gasteiger partial charge is 0.358 e. The molecule has 0 bridgehead atoms. The summed E-state index contributed by atoms with van der Waals surface area (Å²) in [6, 6.07) is 5.55. The molecule has 2 aromatic heterocycles. The Balaban J connectivity index is 1.67. The Labute approximate surface area is 177 Å². The second-order valence-corrected chi connectivity index (χ2v) is 9.02. The van der Waals surface area contributed by atoms with Crippen LogP contribution in [0.25, 0.3) is 0 Å². The zero-order valence-corrected chi connectivity index (χ0v) is 17.9. The predicted octanol–water partition coefficient (Wildman–Crippen LogP) is 2.76. The summed E-state index contributed by atoms with van der Waals surface area (Å²) in [5, 5.41) is 19.2. The molecule has 29 heavy (non-hydrogen) atoms. The SMILES string of the molecule is Cc1c(Br)c([N+](=O)[O-])nn1CC(=O)Nc1ccc(S(=O)(=O)Nc2nccs2)cc1. The van der Waals surface area contributed by atoms with Crippen molar-refractivity contribution < 1.29 is 18.1 Å². The van der Waals surface area contributed by atoms with E-state index in [9.17, 15) is 23.3 Å². The van der Waals surface area contributed by atoms with E-state index in [-0.39, 0.29) is 26.9 Å². The highest BCUT2D eigenvalue weighted by molar-refractivity contribution is 9.10. The fourth-order valence-corrected chi connectivity index (χ4v) is 4.50. The van der Waals surface area contributed by atoms with Gasteiger partial charge in [-0.25, -0.2) is 13.4 Å². The molecule has 0 unspecified atom stereocenters. The Morgan fingerprint density at radius 1 is 1.34 bits per heavy atom. The highest BCUT2D eigenvalue weighted by Crippen LogP contribution is 2.27. The number of hydrogen-bond acceptors (Lipinski definition) is 8. The number of halogens is 1. The van der Waals surface area contributed by atoms with Crippen LogP contribution in [0, 0.1) is 17.0 Å². The highest BCUT2D eigenvalue weighted by atomic mass is 79.9. The van der Waals surface area contributed by atoms with Crippen LogP contribution in [-0.2, 0) is 21.4 Å². The Bertz CT molecular complexity index is 1160. The summed E-state index contributed by atoms with van der Waals surface area (Å²) in [7, 11) is -3.79. The number of nitro groups is 1. The van der Waals surface area contributed by atoms with Gasteiger partial charge in [0.15, 0.2) is 5.13 Å². The average Bonchev–Trinajstić information content (AvgIpc) is 3.25. The molecule has 0 aliphatic carbocycles. The first-order valence-electron chi connectivity index (χ1n) is 7.87. The van der Waals surface area contributed by atoms with Crippen molar-refractivity contribution in [1.29, 1.82) is 0 Å². The van der Waals surface area contributed by atoms with Gasteiger partial charge in [0.05, 0.1) is 15.7 Å². The van der Waals surface area contributed by atoms with Crippen LogP contribution in [0.4, 0.5) is 16.6 Å². The van der Waals surface area contributed by atoms with E-state index in [1.54, 1.807) is 12.3 Å². The molecule has 11 nitrogen and oxygen atoms in total. The summed E-state index contributed by atoms with van der Waals surface area (Å²) in [4.78, 5) is 26.4. The molecule has 0 fully saturated rings. The molecule has 0 aliphatic rings. The molecular weight excluding hydrogens is 488 g/mol. The minimum absolute atomic E-state index is 0.00757. The lowest BCUT2D eigenvalue weighted by Crippen LogP contribution is -2.20. The fourth-order valence-electron chi connectivity index (χ4n) is 2.28. The molecule has 2 heterocycles. The number of hydrogen-bond donors (Lipinski definition) is 2. The zero-order valence-electron chi connectivity index (χ0n) is 14.7. The molecule has 0 aliphatic heterocycles. The normalized spacial score (nSPS) is 11.2. The van der Waals surface area contributed by atoms with Crippen molar-refractivity contribution in [3.63, 3.8) is 0 Å². The largest absolute Gasteiger partial charge is 0.404 e. The average molecular weight is 501 g/mol. The maximum atomic E-state index is 12.3. The molecule has 0 saturated carbocycles. The predicted molar refractivity (Wildman–Crippen MR) is 109 cm³/mol. The third-order valence-corrected chi connectivity index (χ3v) is 6.79. The number of anilines is 2. The lowest BCUT2D eigenvalue weighted by molar-refractivity contribution is -0.390. The van der Waals surface area contributed by atoms with Crippen molar-refractivity contribution in [2.75, 3.05) is 10.0 Å². The van der Waals surface area contributed by atoms with E-state index in [4.69, 9.17) is 0 Å². The van der Waals surface area contributed by atoms with Crippen LogP contribution < -0.4 is 10.0 Å². The standard InChI is InChI=1S/C15H13BrN6O5S2/c1-9-13(16)14(22(24)25)19-21(9)8-12(23)18-10-2-4-11(5-3-10)29(26,27)20-15-17-6-7-28-15/h2-7H,8H2,1H3,(H,17,20)(H,18,23). The molecule has 0 atom stereocenters. The second kappa shape index (κ2) is 8.26. The first-order chi connectivity index (χ1) is 13.7. The number of amides is 1. The third kappa shape index (κ3) is 4.78. The van der Waals surface area contributed by atoms with E-state index in [1.807, 2.05) is 0 Å². The quantitative estimate of drug-likeness (QED) is 0.373. The van der Waals surface area contributed by atoms with E-state index in [0.29, 0.717) is 11.4 Å². The van der Waals surface area contributed by atoms with Gasteiger partial charge in [-0.2, -0.15) is 4.68 Å². The van der Waals surface area contributed by atoms with E-state index in [2.05, 4.69) is 36.1 Å². The lowest BCUT2D eigenvalue weighted by Gasteiger charge is -2.08. The van der Waals surface area contributed by atoms with Crippen LogP contribution in [0.1, 0.15) is 5.69 Å². The van der Waals surface area contributed by atoms with Gasteiger partial charge in [0.2, 0.25) is 5.91 Å². The molecule has 3 rings (SSSR count). The number of carbonyl (C=O) groups is 1. The molecule has 0 saturated heterocycles. The van der Waals surface area contributed by atoms with Crippen LogP contribution in [0.3, 0.4) is 0 Å². The first kappa shape index (κ1) is 20.9. The van der Waals surface area contributed by atoms with E-state index in [1.165, 1.54) is 35.1 Å². The summed E-state index contributed by atoms with van der Waals surface area (Å²) in [5.74, 6) is -0.855. The summed E-state index contributed by atoms with van der Waals surface area (Å²) >= 11 is 4.23. The molecule has 14 heteroatoms. The summed E-state index contributed by atoms with van der Waals surface area (Å²) in [6.07, 6.45) is 1.48. The monoisotopic (exact) mass is 500 g/mol. The highest BCUT2D eigenvalue weighted by Gasteiger charge is 2.24. The topological polar surface area (TPSA) is 149 Å². The summed E-state index contributed by atoms with van der Waals surface area (Å²) < 4.78 is 28.4. The van der Waals surface area contributed by atoms with Gasteiger partial charge < -0.3 is 15.4 Å². The minimum Gasteiger partial charge on any atom is -0.358 e. The lowest BCUT2D eigenvalue weighted by atomic mass is 10.3. The van der Waals surface area contributed by atoms with Gasteiger partial charge in [0, 0.05) is 17.3 Å². The van der Waals surface area contributed by atoms with Crippen LogP contribution >= 0.6 is 27.3 Å². The molecular formula is C15H13BrN6O5S2. The Morgan fingerprint density at radius 2 is 2.03 bits per heavy atom. The number of nitrogens with one attached hydrogen (secondary N) is 2. The van der Waals surface area contributed by atoms with Crippen LogP contribution in [0.5, 0.6) is 0 Å². The Kier molecular flexibility index (Phi) is 5.95. The van der Waals surface area contributed by atoms with Gasteiger partial charge in [-0.1, -0.05) is 0 Å². The molecule has 152 valence electrons. The van der Waals surface area contributed by atoms with Crippen LogP contribution in [-0.4, -0.2) is 34.0 Å². The summed E-state index contributed by atoms with van der Waals surface area (Å²) in [5.41, 5.74) is 0.795. The number of thiazole rings is 1. The van der Waals surface area contributed by atoms with E-state index < -0.39 is 20.9 Å². The van der Waals surface area contributed by atoms with Crippen molar-refractivity contribution in [2.24, 2.45) is 0 Å². The van der Waals surface area contributed by atoms with Gasteiger partial charge in [-0.15, -0.1) is 11.3 Å². The molecule has 3 aromatic rings. The Hall–Kier alpha value is -2.84. The maximum Gasteiger partial charge on any atom is 0.404 e. The second-order valence-electron chi connectivity index (χ2n) is 5.65. The van der Waals surface area contributed by atoms with Crippen LogP contribution in [0.15, 0.2) is 45.2 Å². The first-order valence-corrected chi connectivity index (χ1v) is 11.0. The third-order valence-electron chi connectivity index (χ3n) is 3.69. The number of nitrogens with zero attached hydrogens (tertiary/aromatic N) is 4. The number of rotatable bonds is 7. The van der Waals surface area contributed by atoms with Crippen molar-refractivity contribution in [1.82, 2.24) is 14.8 Å². The molecule has 0 spiro atoms. The minimum atomic E-state index is -3.79. The van der Waals surface area contributed by atoms with Crippen molar-refractivity contribution in [2.45, 2.75) is 18.4 Å². The molecule has 1 aromatic carbocycles. The maximum absolute atomic E-state index is 12.3. The fraction of sp³-hybridized carbons (Fsp3) is 0.133. The summed E-state index contributed by atoms with van der Waals surface area (Å²) in [6.45, 7) is 1.34. The van der Waals surface area contributed by atoms with Gasteiger partial charge >= 0.3 is 5.82 Å². The van der Waals surface area contributed by atoms with Gasteiger partial charge in [-0.05, 0) is 52.0 Å². The van der Waals surface area contributed by atoms with Gasteiger partial charge in [0.25, 0.3) is 10.0 Å². The number of sulfonamides is 1. The molecule has 1 amide bonds. The zero-order chi connectivity index (χ0) is 21.2. The molecule has 0 radical (unpaired) electrons.